The molecule has 4 rings (SSSR count). The van der Waals surface area contributed by atoms with Crippen molar-refractivity contribution in [1.82, 2.24) is 4.98 Å². The van der Waals surface area contributed by atoms with Gasteiger partial charge in [-0.3, -0.25) is 19.3 Å². The van der Waals surface area contributed by atoms with Gasteiger partial charge in [0.1, 0.15) is 24.1 Å². The van der Waals surface area contributed by atoms with Crippen LogP contribution in [0.4, 0.5) is 5.82 Å². The van der Waals surface area contributed by atoms with Gasteiger partial charge in [0.05, 0.1) is 6.04 Å². The highest BCUT2D eigenvalue weighted by atomic mass is 79.9. The average molecular weight is 491 g/mol. The number of ketones is 2. The van der Waals surface area contributed by atoms with Gasteiger partial charge in [-0.15, -0.1) is 0 Å². The molecule has 1 aromatic heterocycles. The van der Waals surface area contributed by atoms with E-state index in [1.807, 2.05) is 6.07 Å². The van der Waals surface area contributed by atoms with E-state index in [0.29, 0.717) is 29.3 Å². The third-order valence-electron chi connectivity index (χ3n) is 5.18. The molecular formula is C25H19BrN2O4. The lowest BCUT2D eigenvalue weighted by Gasteiger charge is -2.26. The number of benzene rings is 2. The molecule has 0 saturated carbocycles. The quantitative estimate of drug-likeness (QED) is 0.210. The predicted molar refractivity (Wildman–Crippen MR) is 124 cm³/mol. The Morgan fingerprint density at radius 1 is 1.09 bits per heavy atom. The number of ether oxygens (including phenoxy) is 1. The van der Waals surface area contributed by atoms with E-state index in [2.05, 4.69) is 27.5 Å². The first-order valence-electron chi connectivity index (χ1n) is 9.93. The lowest BCUT2D eigenvalue weighted by atomic mass is 9.86. The largest absolute Gasteiger partial charge is 0.490 e. The zero-order chi connectivity index (χ0) is 22.7. The minimum atomic E-state index is -1.20. The number of aromatic nitrogens is 1. The molecule has 0 spiro atoms. The number of rotatable bonds is 7. The van der Waals surface area contributed by atoms with Gasteiger partial charge < -0.3 is 4.74 Å². The summed E-state index contributed by atoms with van der Waals surface area (Å²) in [6, 6.07) is 18.0. The highest BCUT2D eigenvalue weighted by Gasteiger charge is 2.52. The number of pyridine rings is 1. The Labute approximate surface area is 193 Å². The number of carbonyl (C=O) groups excluding carboxylic acids is 3. The standard InChI is InChI=1S/C25H19BrN2O4/c1-2-14-32-19-11-9-16(10-12-19)23(29)21-22(17-6-5-7-18(26)15-17)28(25(31)24(21)30)20-8-3-4-13-27-20/h2-13,15,21-22H,1,14H2. The lowest BCUT2D eigenvalue weighted by Crippen LogP contribution is -2.31. The van der Waals surface area contributed by atoms with E-state index in [1.54, 1.807) is 72.9 Å². The van der Waals surface area contributed by atoms with Gasteiger partial charge in [0.2, 0.25) is 5.78 Å². The monoisotopic (exact) mass is 490 g/mol. The van der Waals surface area contributed by atoms with Crippen LogP contribution in [0.15, 0.2) is 90.1 Å². The van der Waals surface area contributed by atoms with Crippen molar-refractivity contribution in [3.8, 4) is 5.75 Å². The summed E-state index contributed by atoms with van der Waals surface area (Å²) in [6.07, 6.45) is 3.17. The minimum absolute atomic E-state index is 0.319. The molecule has 2 aromatic carbocycles. The molecule has 0 radical (unpaired) electrons. The number of halogens is 1. The number of hydrogen-bond donors (Lipinski definition) is 0. The molecule has 2 atom stereocenters. The molecule has 160 valence electrons. The number of anilines is 1. The van der Waals surface area contributed by atoms with Crippen LogP contribution >= 0.6 is 15.9 Å². The Morgan fingerprint density at radius 3 is 2.53 bits per heavy atom. The molecule has 1 aliphatic heterocycles. The summed E-state index contributed by atoms with van der Waals surface area (Å²) >= 11 is 3.44. The Balaban J connectivity index is 1.76. The zero-order valence-electron chi connectivity index (χ0n) is 17.0. The number of amides is 1. The topological polar surface area (TPSA) is 76.6 Å². The van der Waals surface area contributed by atoms with Crippen molar-refractivity contribution in [3.63, 3.8) is 0 Å². The molecule has 0 N–H and O–H groups in total. The summed E-state index contributed by atoms with van der Waals surface area (Å²) in [5.41, 5.74) is 0.985. The Kier molecular flexibility index (Phi) is 6.28. The fraction of sp³-hybridized carbons (Fsp3) is 0.120. The summed E-state index contributed by atoms with van der Waals surface area (Å²) in [5, 5.41) is 0. The highest BCUT2D eigenvalue weighted by molar-refractivity contribution is 9.10. The van der Waals surface area contributed by atoms with Crippen molar-refractivity contribution in [3.05, 3.63) is 101 Å². The molecule has 1 fully saturated rings. The van der Waals surface area contributed by atoms with Crippen LogP contribution in [0.5, 0.6) is 5.75 Å². The molecule has 2 unspecified atom stereocenters. The molecule has 2 heterocycles. The highest BCUT2D eigenvalue weighted by Crippen LogP contribution is 2.41. The molecular weight excluding hydrogens is 472 g/mol. The van der Waals surface area contributed by atoms with Gasteiger partial charge in [0.15, 0.2) is 5.78 Å². The van der Waals surface area contributed by atoms with Crippen LogP contribution in [0.1, 0.15) is 22.0 Å². The molecule has 0 bridgehead atoms. The fourth-order valence-electron chi connectivity index (χ4n) is 3.76. The van der Waals surface area contributed by atoms with Crippen LogP contribution in [0.2, 0.25) is 0 Å². The van der Waals surface area contributed by atoms with E-state index in [4.69, 9.17) is 4.74 Å². The van der Waals surface area contributed by atoms with E-state index in [1.165, 1.54) is 4.90 Å². The summed E-state index contributed by atoms with van der Waals surface area (Å²) in [5.74, 6) is -2.23. The third kappa shape index (κ3) is 4.11. The Morgan fingerprint density at radius 2 is 1.88 bits per heavy atom. The van der Waals surface area contributed by atoms with Gasteiger partial charge in [0, 0.05) is 16.2 Å². The zero-order valence-corrected chi connectivity index (χ0v) is 18.6. The number of nitrogens with zero attached hydrogens (tertiary/aromatic N) is 2. The van der Waals surface area contributed by atoms with Crippen LogP contribution in [0, 0.1) is 5.92 Å². The molecule has 1 saturated heterocycles. The average Bonchev–Trinajstić information content (AvgIpc) is 3.08. The maximum absolute atomic E-state index is 13.5. The van der Waals surface area contributed by atoms with Gasteiger partial charge in [-0.05, 0) is 54.1 Å². The van der Waals surface area contributed by atoms with Gasteiger partial charge in [-0.25, -0.2) is 4.98 Å². The molecule has 3 aromatic rings. The summed E-state index contributed by atoms with van der Waals surface area (Å²) in [6.45, 7) is 3.94. The van der Waals surface area contributed by atoms with E-state index >= 15 is 0 Å². The molecule has 0 aliphatic carbocycles. The second-order valence-electron chi connectivity index (χ2n) is 7.19. The van der Waals surface area contributed by atoms with Gasteiger partial charge in [0.25, 0.3) is 5.91 Å². The van der Waals surface area contributed by atoms with Crippen molar-refractivity contribution in [1.29, 1.82) is 0 Å². The Bertz CT molecular complexity index is 1180. The van der Waals surface area contributed by atoms with Crippen molar-refractivity contribution in [2.24, 2.45) is 5.92 Å². The molecule has 1 amide bonds. The maximum Gasteiger partial charge on any atom is 0.297 e. The number of Topliss-reactive ketones (excluding diaryl/α,β-unsaturated/α-hetero) is 2. The van der Waals surface area contributed by atoms with Crippen molar-refractivity contribution >= 4 is 39.2 Å². The second-order valence-corrected chi connectivity index (χ2v) is 8.11. The first-order chi connectivity index (χ1) is 15.5. The third-order valence-corrected chi connectivity index (χ3v) is 5.67. The molecule has 6 nitrogen and oxygen atoms in total. The summed E-state index contributed by atoms with van der Waals surface area (Å²) < 4.78 is 6.24. The van der Waals surface area contributed by atoms with Crippen LogP contribution in [0.3, 0.4) is 0 Å². The second kappa shape index (κ2) is 9.28. The van der Waals surface area contributed by atoms with Crippen LogP contribution in [0.25, 0.3) is 0 Å². The normalized spacial score (nSPS) is 18.0. The summed E-state index contributed by atoms with van der Waals surface area (Å²) in [7, 11) is 0. The van der Waals surface area contributed by atoms with E-state index < -0.39 is 29.4 Å². The molecule has 7 heteroatoms. The SMILES string of the molecule is C=CCOc1ccc(C(=O)C2C(=O)C(=O)N(c3ccccn3)C2c2cccc(Br)c2)cc1. The summed E-state index contributed by atoms with van der Waals surface area (Å²) in [4.78, 5) is 45.2. The number of hydrogen-bond acceptors (Lipinski definition) is 5. The van der Waals surface area contributed by atoms with Crippen LogP contribution in [-0.2, 0) is 9.59 Å². The fourth-order valence-corrected chi connectivity index (χ4v) is 4.17. The number of carbonyl (C=O) groups is 3. The van der Waals surface area contributed by atoms with Crippen LogP contribution < -0.4 is 9.64 Å². The maximum atomic E-state index is 13.5. The predicted octanol–water partition coefficient (Wildman–Crippen LogP) is 4.57. The van der Waals surface area contributed by atoms with Gasteiger partial charge in [-0.2, -0.15) is 0 Å². The minimum Gasteiger partial charge on any atom is -0.490 e. The smallest absolute Gasteiger partial charge is 0.297 e. The lowest BCUT2D eigenvalue weighted by molar-refractivity contribution is -0.135. The molecule has 1 aliphatic rings. The molecule has 32 heavy (non-hydrogen) atoms. The Hall–Kier alpha value is -3.58. The van der Waals surface area contributed by atoms with E-state index in [0.717, 1.165) is 4.47 Å². The van der Waals surface area contributed by atoms with Gasteiger partial charge in [-0.1, -0.05) is 46.8 Å². The van der Waals surface area contributed by atoms with E-state index in [-0.39, 0.29) is 0 Å². The van der Waals surface area contributed by atoms with Crippen molar-refractivity contribution in [2.45, 2.75) is 6.04 Å². The van der Waals surface area contributed by atoms with E-state index in [9.17, 15) is 14.4 Å². The van der Waals surface area contributed by atoms with Crippen molar-refractivity contribution < 1.29 is 19.1 Å². The first-order valence-corrected chi connectivity index (χ1v) is 10.7. The van der Waals surface area contributed by atoms with Crippen LogP contribution in [-0.4, -0.2) is 29.1 Å². The first kappa shape index (κ1) is 21.6. The van der Waals surface area contributed by atoms with Crippen molar-refractivity contribution in [2.75, 3.05) is 11.5 Å². The van der Waals surface area contributed by atoms with Gasteiger partial charge >= 0.3 is 0 Å².